The molecule has 1 aromatic heterocycles. The van der Waals surface area contributed by atoms with E-state index in [1.807, 2.05) is 18.2 Å². The van der Waals surface area contributed by atoms with Gasteiger partial charge in [-0.15, -0.1) is 0 Å². The molecule has 2 heterocycles. The molecule has 0 amide bonds. The van der Waals surface area contributed by atoms with Gasteiger partial charge in [0.05, 0.1) is 12.3 Å². The lowest BCUT2D eigenvalue weighted by molar-refractivity contribution is 0.179. The van der Waals surface area contributed by atoms with Gasteiger partial charge in [-0.1, -0.05) is 18.2 Å². The molecule has 2 N–H and O–H groups in total. The standard InChI is InChI=1S/C14H15N3O2/c1-18-8-10-7-13(15)17-14(16-10)12-6-9-4-2-3-5-11(9)19-12/h2-5,7,12H,6,8H2,1H3,(H2,15,16,17). The van der Waals surface area contributed by atoms with Crippen LogP contribution in [-0.2, 0) is 17.8 Å². The van der Waals surface area contributed by atoms with Crippen molar-refractivity contribution in [3.8, 4) is 5.75 Å². The van der Waals surface area contributed by atoms with Crippen molar-refractivity contribution in [2.75, 3.05) is 12.8 Å². The highest BCUT2D eigenvalue weighted by Gasteiger charge is 2.26. The van der Waals surface area contributed by atoms with E-state index in [0.717, 1.165) is 17.9 Å². The molecule has 1 aliphatic heterocycles. The Kier molecular flexibility index (Phi) is 3.05. The van der Waals surface area contributed by atoms with Crippen LogP contribution in [0.2, 0.25) is 0 Å². The van der Waals surface area contributed by atoms with Crippen LogP contribution in [0.5, 0.6) is 5.75 Å². The minimum atomic E-state index is -0.170. The number of nitrogens with two attached hydrogens (primary N) is 1. The molecule has 0 fully saturated rings. The normalized spacial score (nSPS) is 17.0. The summed E-state index contributed by atoms with van der Waals surface area (Å²) >= 11 is 0. The molecule has 0 aliphatic carbocycles. The smallest absolute Gasteiger partial charge is 0.172 e. The van der Waals surface area contributed by atoms with E-state index < -0.39 is 0 Å². The lowest BCUT2D eigenvalue weighted by Crippen LogP contribution is -2.12. The number of hydrogen-bond acceptors (Lipinski definition) is 5. The van der Waals surface area contributed by atoms with E-state index in [0.29, 0.717) is 18.2 Å². The maximum absolute atomic E-state index is 5.86. The van der Waals surface area contributed by atoms with E-state index in [1.54, 1.807) is 13.2 Å². The molecule has 5 heteroatoms. The summed E-state index contributed by atoms with van der Waals surface area (Å²) in [6.07, 6.45) is 0.600. The van der Waals surface area contributed by atoms with Crippen LogP contribution >= 0.6 is 0 Å². The second-order valence-electron chi connectivity index (χ2n) is 4.49. The monoisotopic (exact) mass is 257 g/mol. The summed E-state index contributed by atoms with van der Waals surface area (Å²) in [6, 6.07) is 9.68. The Morgan fingerprint density at radius 1 is 1.37 bits per heavy atom. The van der Waals surface area contributed by atoms with Crippen LogP contribution in [-0.4, -0.2) is 17.1 Å². The highest BCUT2D eigenvalue weighted by molar-refractivity contribution is 5.39. The summed E-state index contributed by atoms with van der Waals surface area (Å²) in [5, 5.41) is 0. The first-order valence-electron chi connectivity index (χ1n) is 6.13. The Bertz CT molecular complexity index is 576. The van der Waals surface area contributed by atoms with Gasteiger partial charge in [0.2, 0.25) is 0 Å². The number of para-hydroxylation sites is 1. The molecule has 1 atom stereocenters. The van der Waals surface area contributed by atoms with Crippen LogP contribution in [0.25, 0.3) is 0 Å². The van der Waals surface area contributed by atoms with E-state index in [2.05, 4.69) is 16.0 Å². The number of anilines is 1. The third-order valence-electron chi connectivity index (χ3n) is 3.04. The summed E-state index contributed by atoms with van der Waals surface area (Å²) < 4.78 is 10.9. The first kappa shape index (κ1) is 11.9. The van der Waals surface area contributed by atoms with E-state index in [-0.39, 0.29) is 6.10 Å². The molecule has 0 saturated carbocycles. The Labute approximate surface area is 111 Å². The fraction of sp³-hybridized carbons (Fsp3) is 0.286. The van der Waals surface area contributed by atoms with Crippen LogP contribution in [0.4, 0.5) is 5.82 Å². The van der Waals surface area contributed by atoms with Crippen LogP contribution in [0.1, 0.15) is 23.2 Å². The summed E-state index contributed by atoms with van der Waals surface area (Å²) in [5.41, 5.74) is 7.74. The molecule has 3 rings (SSSR count). The molecule has 2 aromatic rings. The van der Waals surface area contributed by atoms with Crippen molar-refractivity contribution in [3.05, 3.63) is 47.4 Å². The number of ether oxygens (including phenoxy) is 2. The van der Waals surface area contributed by atoms with E-state index in [1.165, 1.54) is 5.56 Å². The van der Waals surface area contributed by atoms with Gasteiger partial charge in [0, 0.05) is 19.6 Å². The molecule has 98 valence electrons. The molecule has 5 nitrogen and oxygen atoms in total. The fourth-order valence-corrected chi connectivity index (χ4v) is 2.23. The Balaban J connectivity index is 1.88. The molecule has 0 radical (unpaired) electrons. The second-order valence-corrected chi connectivity index (χ2v) is 4.49. The fourth-order valence-electron chi connectivity index (χ4n) is 2.23. The van der Waals surface area contributed by atoms with Crippen LogP contribution < -0.4 is 10.5 Å². The molecule has 19 heavy (non-hydrogen) atoms. The number of nitrogens with zero attached hydrogens (tertiary/aromatic N) is 2. The van der Waals surface area contributed by atoms with Gasteiger partial charge in [0.25, 0.3) is 0 Å². The van der Waals surface area contributed by atoms with Crippen molar-refractivity contribution in [2.45, 2.75) is 19.1 Å². The number of aromatic nitrogens is 2. The van der Waals surface area contributed by atoms with E-state index >= 15 is 0 Å². The number of benzene rings is 1. The maximum Gasteiger partial charge on any atom is 0.172 e. The number of nitrogen functional groups attached to an aromatic ring is 1. The van der Waals surface area contributed by atoms with Crippen LogP contribution in [0.3, 0.4) is 0 Å². The zero-order chi connectivity index (χ0) is 13.2. The van der Waals surface area contributed by atoms with E-state index in [4.69, 9.17) is 15.2 Å². The van der Waals surface area contributed by atoms with Crippen molar-refractivity contribution in [2.24, 2.45) is 0 Å². The van der Waals surface area contributed by atoms with Gasteiger partial charge < -0.3 is 15.2 Å². The topological polar surface area (TPSA) is 70.3 Å². The van der Waals surface area contributed by atoms with Crippen molar-refractivity contribution < 1.29 is 9.47 Å². The highest BCUT2D eigenvalue weighted by Crippen LogP contribution is 2.35. The number of rotatable bonds is 3. The van der Waals surface area contributed by atoms with Crippen LogP contribution in [0, 0.1) is 0 Å². The third-order valence-corrected chi connectivity index (χ3v) is 3.04. The molecule has 0 spiro atoms. The van der Waals surface area contributed by atoms with Gasteiger partial charge in [0.15, 0.2) is 11.9 Å². The minimum absolute atomic E-state index is 0.170. The van der Waals surface area contributed by atoms with E-state index in [9.17, 15) is 0 Å². The van der Waals surface area contributed by atoms with Gasteiger partial charge in [-0.05, 0) is 11.6 Å². The number of methoxy groups -OCH3 is 1. The maximum atomic E-state index is 5.86. The Morgan fingerprint density at radius 2 is 2.21 bits per heavy atom. The second kappa shape index (κ2) is 4.85. The first-order chi connectivity index (χ1) is 9.26. The van der Waals surface area contributed by atoms with Gasteiger partial charge >= 0.3 is 0 Å². The zero-order valence-corrected chi connectivity index (χ0v) is 10.7. The summed E-state index contributed by atoms with van der Waals surface area (Å²) in [5.74, 6) is 1.95. The SMILES string of the molecule is COCc1cc(N)nc(C2Cc3ccccc3O2)n1. The lowest BCUT2D eigenvalue weighted by atomic mass is 10.1. The van der Waals surface area contributed by atoms with Gasteiger partial charge in [0.1, 0.15) is 11.6 Å². The quantitative estimate of drug-likeness (QED) is 0.909. The zero-order valence-electron chi connectivity index (χ0n) is 10.7. The summed E-state index contributed by atoms with van der Waals surface area (Å²) in [4.78, 5) is 8.71. The molecule has 1 aromatic carbocycles. The van der Waals surface area contributed by atoms with Crippen LogP contribution in [0.15, 0.2) is 30.3 Å². The summed E-state index contributed by atoms with van der Waals surface area (Å²) in [6.45, 7) is 0.416. The van der Waals surface area contributed by atoms with Gasteiger partial charge in [-0.25, -0.2) is 9.97 Å². The van der Waals surface area contributed by atoms with Gasteiger partial charge in [-0.3, -0.25) is 0 Å². The minimum Gasteiger partial charge on any atom is -0.482 e. The molecule has 0 bridgehead atoms. The Morgan fingerprint density at radius 3 is 3.00 bits per heavy atom. The van der Waals surface area contributed by atoms with Crippen molar-refractivity contribution >= 4 is 5.82 Å². The predicted molar refractivity (Wildman–Crippen MR) is 70.7 cm³/mol. The molecule has 1 unspecified atom stereocenters. The average molecular weight is 257 g/mol. The van der Waals surface area contributed by atoms with Crippen molar-refractivity contribution in [3.63, 3.8) is 0 Å². The van der Waals surface area contributed by atoms with Crippen molar-refractivity contribution in [1.29, 1.82) is 0 Å². The third kappa shape index (κ3) is 2.37. The molecular formula is C14H15N3O2. The molecule has 0 saturated heterocycles. The Hall–Kier alpha value is -2.14. The predicted octanol–water partition coefficient (Wildman–Crippen LogP) is 1.88. The lowest BCUT2D eigenvalue weighted by Gasteiger charge is -2.11. The largest absolute Gasteiger partial charge is 0.482 e. The van der Waals surface area contributed by atoms with Crippen molar-refractivity contribution in [1.82, 2.24) is 9.97 Å². The highest BCUT2D eigenvalue weighted by atomic mass is 16.5. The summed E-state index contributed by atoms with van der Waals surface area (Å²) in [7, 11) is 1.62. The number of hydrogen-bond donors (Lipinski definition) is 1. The average Bonchev–Trinajstić information content (AvgIpc) is 2.82. The van der Waals surface area contributed by atoms with Gasteiger partial charge in [-0.2, -0.15) is 0 Å². The number of fused-ring (bicyclic) bond motifs is 1. The molecular weight excluding hydrogens is 242 g/mol. The first-order valence-corrected chi connectivity index (χ1v) is 6.13. The molecule has 1 aliphatic rings.